The summed E-state index contributed by atoms with van der Waals surface area (Å²) in [7, 11) is 0. The summed E-state index contributed by atoms with van der Waals surface area (Å²) in [6.45, 7) is 7.89. The number of aliphatic hydroxyl groups excluding tert-OH is 1. The number of hydrogen-bond donors (Lipinski definition) is 2. The quantitative estimate of drug-likeness (QED) is 0.654. The molecule has 1 heterocycles. The van der Waals surface area contributed by atoms with E-state index >= 15 is 0 Å². The van der Waals surface area contributed by atoms with Gasteiger partial charge in [-0.25, -0.2) is 0 Å². The second-order valence-corrected chi connectivity index (χ2v) is 3.92. The van der Waals surface area contributed by atoms with Gasteiger partial charge in [-0.15, -0.1) is 0 Å². The number of hydrogen-bond acceptors (Lipinski definition) is 3. The summed E-state index contributed by atoms with van der Waals surface area (Å²) in [5, 5.41) is 12.2. The van der Waals surface area contributed by atoms with Crippen LogP contribution in [0.3, 0.4) is 0 Å². The van der Waals surface area contributed by atoms with Crippen molar-refractivity contribution in [2.24, 2.45) is 0 Å². The molecule has 0 spiro atoms. The Balaban J connectivity index is 2.19. The van der Waals surface area contributed by atoms with Gasteiger partial charge in [0.1, 0.15) is 0 Å². The second-order valence-electron chi connectivity index (χ2n) is 3.92. The molecule has 0 aromatic rings. The number of aliphatic hydroxyl groups is 1. The van der Waals surface area contributed by atoms with Crippen molar-refractivity contribution in [3.05, 3.63) is 0 Å². The van der Waals surface area contributed by atoms with E-state index in [-0.39, 0.29) is 12.6 Å². The van der Waals surface area contributed by atoms with E-state index in [9.17, 15) is 0 Å². The average Bonchev–Trinajstić information content (AvgIpc) is 2.61. The van der Waals surface area contributed by atoms with Crippen LogP contribution in [0.1, 0.15) is 26.7 Å². The minimum absolute atomic E-state index is 0.235. The first-order chi connectivity index (χ1) is 6.27. The highest BCUT2D eigenvalue weighted by molar-refractivity contribution is 4.80. The molecule has 78 valence electrons. The first-order valence-corrected chi connectivity index (χ1v) is 5.36. The molecule has 1 aliphatic heterocycles. The minimum Gasteiger partial charge on any atom is -0.395 e. The lowest BCUT2D eigenvalue weighted by Gasteiger charge is -2.24. The number of rotatable bonds is 5. The predicted octanol–water partition coefficient (Wildman–Crippen LogP) is 0.441. The molecule has 13 heavy (non-hydrogen) atoms. The highest BCUT2D eigenvalue weighted by Crippen LogP contribution is 2.15. The van der Waals surface area contributed by atoms with E-state index in [4.69, 9.17) is 5.11 Å². The van der Waals surface area contributed by atoms with E-state index in [1.165, 1.54) is 19.4 Å². The van der Waals surface area contributed by atoms with Crippen LogP contribution < -0.4 is 5.32 Å². The van der Waals surface area contributed by atoms with E-state index in [0.29, 0.717) is 6.04 Å². The van der Waals surface area contributed by atoms with Crippen LogP contribution in [0.2, 0.25) is 0 Å². The van der Waals surface area contributed by atoms with E-state index < -0.39 is 0 Å². The lowest BCUT2D eigenvalue weighted by atomic mass is 10.2. The lowest BCUT2D eigenvalue weighted by molar-refractivity contribution is 0.222. The van der Waals surface area contributed by atoms with Crippen molar-refractivity contribution >= 4 is 0 Å². The summed E-state index contributed by atoms with van der Waals surface area (Å²) in [4.78, 5) is 2.51. The van der Waals surface area contributed by atoms with Crippen LogP contribution in [-0.4, -0.2) is 48.3 Å². The van der Waals surface area contributed by atoms with Crippen molar-refractivity contribution in [2.75, 3.05) is 26.2 Å². The molecular formula is C10H22N2O. The molecule has 0 aromatic heterocycles. The van der Waals surface area contributed by atoms with Crippen LogP contribution in [0, 0.1) is 0 Å². The highest BCUT2D eigenvalue weighted by Gasteiger charge is 2.22. The maximum atomic E-state index is 8.86. The van der Waals surface area contributed by atoms with Crippen molar-refractivity contribution in [3.63, 3.8) is 0 Å². The maximum absolute atomic E-state index is 8.86. The normalized spacial score (nSPS) is 26.5. The standard InChI is InChI=1S/C10H22N2O/c1-3-12-6-4-5-10(12)7-11-9(2)8-13/h9-11,13H,3-8H2,1-2H3/t9?,10-/m1/s1. The molecule has 1 aliphatic rings. The molecule has 2 atom stereocenters. The van der Waals surface area contributed by atoms with Gasteiger partial charge in [0.25, 0.3) is 0 Å². The Morgan fingerprint density at radius 3 is 3.00 bits per heavy atom. The Bertz CT molecular complexity index is 141. The van der Waals surface area contributed by atoms with E-state index in [1.54, 1.807) is 0 Å². The zero-order chi connectivity index (χ0) is 9.68. The van der Waals surface area contributed by atoms with Gasteiger partial charge < -0.3 is 10.4 Å². The van der Waals surface area contributed by atoms with E-state index in [0.717, 1.165) is 13.1 Å². The minimum atomic E-state index is 0.235. The number of nitrogens with one attached hydrogen (secondary N) is 1. The van der Waals surface area contributed by atoms with Gasteiger partial charge in [0.05, 0.1) is 6.61 Å². The summed E-state index contributed by atoms with van der Waals surface area (Å²) in [5.74, 6) is 0. The van der Waals surface area contributed by atoms with Crippen LogP contribution in [0.4, 0.5) is 0 Å². The molecule has 0 aliphatic carbocycles. The van der Waals surface area contributed by atoms with Gasteiger partial charge in [-0.1, -0.05) is 6.92 Å². The fourth-order valence-electron chi connectivity index (χ4n) is 1.94. The smallest absolute Gasteiger partial charge is 0.0581 e. The van der Waals surface area contributed by atoms with Crippen molar-refractivity contribution in [1.29, 1.82) is 0 Å². The van der Waals surface area contributed by atoms with Gasteiger partial charge >= 0.3 is 0 Å². The third kappa shape index (κ3) is 3.25. The van der Waals surface area contributed by atoms with Crippen molar-refractivity contribution in [3.8, 4) is 0 Å². The van der Waals surface area contributed by atoms with E-state index in [1.807, 2.05) is 6.92 Å². The molecule has 3 nitrogen and oxygen atoms in total. The number of nitrogens with zero attached hydrogens (tertiary/aromatic N) is 1. The highest BCUT2D eigenvalue weighted by atomic mass is 16.3. The SMILES string of the molecule is CCN1CCC[C@@H]1CNC(C)CO. The van der Waals surface area contributed by atoms with Crippen molar-refractivity contribution in [2.45, 2.75) is 38.8 Å². The first-order valence-electron chi connectivity index (χ1n) is 5.36. The lowest BCUT2D eigenvalue weighted by Crippen LogP contribution is -2.41. The molecule has 1 rings (SSSR count). The van der Waals surface area contributed by atoms with Crippen molar-refractivity contribution < 1.29 is 5.11 Å². The van der Waals surface area contributed by atoms with Gasteiger partial charge in [-0.05, 0) is 32.9 Å². The molecule has 1 unspecified atom stereocenters. The summed E-state index contributed by atoms with van der Waals surface area (Å²) in [5.41, 5.74) is 0. The van der Waals surface area contributed by atoms with Crippen LogP contribution in [0.25, 0.3) is 0 Å². The van der Waals surface area contributed by atoms with Gasteiger partial charge in [0.15, 0.2) is 0 Å². The molecule has 3 heteroatoms. The summed E-state index contributed by atoms with van der Waals surface area (Å²) >= 11 is 0. The molecule has 1 fully saturated rings. The number of likely N-dealkylation sites (N-methyl/N-ethyl adjacent to an activating group) is 1. The molecule has 2 N–H and O–H groups in total. The van der Waals surface area contributed by atoms with Crippen LogP contribution in [0.15, 0.2) is 0 Å². The van der Waals surface area contributed by atoms with Gasteiger partial charge in [-0.2, -0.15) is 0 Å². The fourth-order valence-corrected chi connectivity index (χ4v) is 1.94. The van der Waals surface area contributed by atoms with E-state index in [2.05, 4.69) is 17.1 Å². The third-order valence-corrected chi connectivity index (χ3v) is 2.88. The van der Waals surface area contributed by atoms with Crippen LogP contribution >= 0.6 is 0 Å². The maximum Gasteiger partial charge on any atom is 0.0581 e. The Hall–Kier alpha value is -0.120. The Kier molecular flexibility index (Phi) is 4.70. The molecule has 0 aromatic carbocycles. The largest absolute Gasteiger partial charge is 0.395 e. The first kappa shape index (κ1) is 11.0. The zero-order valence-electron chi connectivity index (χ0n) is 8.79. The molecule has 0 radical (unpaired) electrons. The fraction of sp³-hybridized carbons (Fsp3) is 1.00. The van der Waals surface area contributed by atoms with Gasteiger partial charge in [0, 0.05) is 18.6 Å². The summed E-state index contributed by atoms with van der Waals surface area (Å²) < 4.78 is 0. The van der Waals surface area contributed by atoms with Gasteiger partial charge in [-0.3, -0.25) is 4.90 Å². The number of likely N-dealkylation sites (tertiary alicyclic amines) is 1. The Labute approximate surface area is 81.1 Å². The topological polar surface area (TPSA) is 35.5 Å². The second kappa shape index (κ2) is 5.58. The Morgan fingerprint density at radius 2 is 2.38 bits per heavy atom. The van der Waals surface area contributed by atoms with Gasteiger partial charge in [0.2, 0.25) is 0 Å². The molecule has 1 saturated heterocycles. The molecule has 0 saturated carbocycles. The van der Waals surface area contributed by atoms with Crippen LogP contribution in [0.5, 0.6) is 0 Å². The molecular weight excluding hydrogens is 164 g/mol. The Morgan fingerprint density at radius 1 is 1.62 bits per heavy atom. The average molecular weight is 186 g/mol. The summed E-state index contributed by atoms with van der Waals surface area (Å²) in [6.07, 6.45) is 2.63. The molecule has 0 bridgehead atoms. The molecule has 0 amide bonds. The third-order valence-electron chi connectivity index (χ3n) is 2.88. The predicted molar refractivity (Wildman–Crippen MR) is 54.8 cm³/mol. The summed E-state index contributed by atoms with van der Waals surface area (Å²) in [6, 6.07) is 0.929. The monoisotopic (exact) mass is 186 g/mol. The zero-order valence-corrected chi connectivity index (χ0v) is 8.79. The van der Waals surface area contributed by atoms with Crippen LogP contribution in [-0.2, 0) is 0 Å². The van der Waals surface area contributed by atoms with Crippen molar-refractivity contribution in [1.82, 2.24) is 10.2 Å².